The average Bonchev–Trinajstić information content (AvgIpc) is 3.20. The summed E-state index contributed by atoms with van der Waals surface area (Å²) >= 11 is 1.57. The number of carbonyl (C=O) groups is 1. The number of benzene rings is 1. The second-order valence-electron chi connectivity index (χ2n) is 6.06. The standard InChI is InChI=1S/C19H24N4OS/c1-3-22(4-2)13-16-7-5-15(6-8-16)12-20-18(24)11-17-14-23-9-10-25-19(23)21-17/h5-10,14H,3-4,11-13H2,1-2H3,(H,20,24). The molecule has 25 heavy (non-hydrogen) atoms. The molecule has 3 rings (SSSR count). The molecular weight excluding hydrogens is 332 g/mol. The van der Waals surface area contributed by atoms with Crippen LogP contribution >= 0.6 is 11.3 Å². The van der Waals surface area contributed by atoms with Crippen LogP contribution in [0.15, 0.2) is 42.0 Å². The molecule has 1 N–H and O–H groups in total. The van der Waals surface area contributed by atoms with Gasteiger partial charge in [-0.15, -0.1) is 11.3 Å². The van der Waals surface area contributed by atoms with Gasteiger partial charge in [0.1, 0.15) is 0 Å². The minimum atomic E-state index is -0.00188. The fraction of sp³-hybridized carbons (Fsp3) is 0.368. The van der Waals surface area contributed by atoms with E-state index in [9.17, 15) is 4.79 Å². The van der Waals surface area contributed by atoms with E-state index in [0.29, 0.717) is 13.0 Å². The van der Waals surface area contributed by atoms with Crippen LogP contribution in [0.1, 0.15) is 30.7 Å². The maximum Gasteiger partial charge on any atom is 0.226 e. The van der Waals surface area contributed by atoms with Gasteiger partial charge in [0.05, 0.1) is 12.1 Å². The second-order valence-corrected chi connectivity index (χ2v) is 6.93. The number of fused-ring (bicyclic) bond motifs is 1. The van der Waals surface area contributed by atoms with Crippen molar-refractivity contribution in [3.8, 4) is 0 Å². The first-order valence-electron chi connectivity index (χ1n) is 8.66. The largest absolute Gasteiger partial charge is 0.352 e. The number of aromatic nitrogens is 2. The Hall–Kier alpha value is -2.18. The highest BCUT2D eigenvalue weighted by molar-refractivity contribution is 7.15. The zero-order valence-corrected chi connectivity index (χ0v) is 15.6. The van der Waals surface area contributed by atoms with Gasteiger partial charge in [-0.1, -0.05) is 38.1 Å². The molecule has 5 nitrogen and oxygen atoms in total. The highest BCUT2D eigenvalue weighted by atomic mass is 32.1. The number of amides is 1. The quantitative estimate of drug-likeness (QED) is 0.675. The summed E-state index contributed by atoms with van der Waals surface area (Å²) in [4.78, 5) is 19.9. The number of hydrogen-bond donors (Lipinski definition) is 1. The lowest BCUT2D eigenvalue weighted by Crippen LogP contribution is -2.24. The molecule has 1 amide bonds. The van der Waals surface area contributed by atoms with Crippen molar-refractivity contribution in [3.63, 3.8) is 0 Å². The van der Waals surface area contributed by atoms with E-state index in [0.717, 1.165) is 35.9 Å². The van der Waals surface area contributed by atoms with Gasteiger partial charge in [0, 0.05) is 30.9 Å². The van der Waals surface area contributed by atoms with Crippen LogP contribution < -0.4 is 5.32 Å². The zero-order chi connectivity index (χ0) is 17.6. The fourth-order valence-corrected chi connectivity index (χ4v) is 3.48. The third kappa shape index (κ3) is 4.67. The first kappa shape index (κ1) is 17.6. The normalized spacial score (nSPS) is 11.3. The Bertz CT molecular complexity index is 789. The Labute approximate surface area is 152 Å². The molecule has 0 fully saturated rings. The molecule has 0 bridgehead atoms. The maximum absolute atomic E-state index is 12.1. The van der Waals surface area contributed by atoms with Gasteiger partial charge in [-0.2, -0.15) is 0 Å². The lowest BCUT2D eigenvalue weighted by molar-refractivity contribution is -0.120. The van der Waals surface area contributed by atoms with Crippen molar-refractivity contribution in [2.75, 3.05) is 13.1 Å². The van der Waals surface area contributed by atoms with Crippen LogP contribution in [0.25, 0.3) is 4.96 Å². The van der Waals surface area contributed by atoms with Crippen LogP contribution in [0.2, 0.25) is 0 Å². The van der Waals surface area contributed by atoms with Crippen molar-refractivity contribution < 1.29 is 4.79 Å². The molecule has 132 valence electrons. The molecule has 2 aromatic heterocycles. The molecule has 0 aliphatic carbocycles. The van der Waals surface area contributed by atoms with Gasteiger partial charge in [0.15, 0.2) is 4.96 Å². The summed E-state index contributed by atoms with van der Waals surface area (Å²) in [6, 6.07) is 8.46. The number of imidazole rings is 1. The second kappa shape index (κ2) is 8.27. The van der Waals surface area contributed by atoms with Crippen LogP contribution in [0.4, 0.5) is 0 Å². The fourth-order valence-electron chi connectivity index (χ4n) is 2.76. The Kier molecular flexibility index (Phi) is 5.83. The summed E-state index contributed by atoms with van der Waals surface area (Å²) < 4.78 is 1.95. The number of nitrogens with zero attached hydrogens (tertiary/aromatic N) is 3. The number of nitrogens with one attached hydrogen (secondary N) is 1. The van der Waals surface area contributed by atoms with Gasteiger partial charge in [-0.3, -0.25) is 14.1 Å². The van der Waals surface area contributed by atoms with Crippen LogP contribution in [-0.2, 0) is 24.3 Å². The van der Waals surface area contributed by atoms with Gasteiger partial charge in [-0.25, -0.2) is 4.98 Å². The molecule has 0 aliphatic heterocycles. The van der Waals surface area contributed by atoms with E-state index in [1.54, 1.807) is 11.3 Å². The van der Waals surface area contributed by atoms with E-state index in [-0.39, 0.29) is 5.91 Å². The monoisotopic (exact) mass is 356 g/mol. The smallest absolute Gasteiger partial charge is 0.226 e. The van der Waals surface area contributed by atoms with E-state index in [4.69, 9.17) is 0 Å². The third-order valence-electron chi connectivity index (χ3n) is 4.30. The molecule has 0 radical (unpaired) electrons. The van der Waals surface area contributed by atoms with Crippen molar-refractivity contribution >= 4 is 22.2 Å². The first-order chi connectivity index (χ1) is 12.2. The number of thiazole rings is 1. The summed E-state index contributed by atoms with van der Waals surface area (Å²) in [5, 5.41) is 4.95. The third-order valence-corrected chi connectivity index (χ3v) is 5.07. The van der Waals surface area contributed by atoms with Crippen molar-refractivity contribution in [2.24, 2.45) is 0 Å². The summed E-state index contributed by atoms with van der Waals surface area (Å²) in [5.74, 6) is -0.00188. The van der Waals surface area contributed by atoms with Gasteiger partial charge in [0.2, 0.25) is 5.91 Å². The Morgan fingerprint density at radius 1 is 1.20 bits per heavy atom. The zero-order valence-electron chi connectivity index (χ0n) is 14.7. The molecule has 6 heteroatoms. The van der Waals surface area contributed by atoms with Gasteiger partial charge >= 0.3 is 0 Å². The van der Waals surface area contributed by atoms with Gasteiger partial charge in [0.25, 0.3) is 0 Å². The topological polar surface area (TPSA) is 49.6 Å². The first-order valence-corrected chi connectivity index (χ1v) is 9.53. The molecule has 0 unspecified atom stereocenters. The molecule has 3 aromatic rings. The highest BCUT2D eigenvalue weighted by Crippen LogP contribution is 2.12. The number of carbonyl (C=O) groups excluding carboxylic acids is 1. The van der Waals surface area contributed by atoms with Gasteiger partial charge in [-0.05, 0) is 24.2 Å². The molecule has 0 aliphatic rings. The molecule has 2 heterocycles. The molecule has 0 spiro atoms. The lowest BCUT2D eigenvalue weighted by atomic mass is 10.1. The van der Waals surface area contributed by atoms with E-state index < -0.39 is 0 Å². The maximum atomic E-state index is 12.1. The summed E-state index contributed by atoms with van der Waals surface area (Å²) in [6.45, 7) is 7.98. The Morgan fingerprint density at radius 3 is 2.60 bits per heavy atom. The van der Waals surface area contributed by atoms with Crippen LogP contribution in [0, 0.1) is 0 Å². The predicted molar refractivity (Wildman–Crippen MR) is 102 cm³/mol. The summed E-state index contributed by atoms with van der Waals surface area (Å²) in [7, 11) is 0. The lowest BCUT2D eigenvalue weighted by Gasteiger charge is -2.18. The predicted octanol–water partition coefficient (Wildman–Crippen LogP) is 3.10. The molecule has 0 saturated heterocycles. The van der Waals surface area contributed by atoms with E-state index in [1.165, 1.54) is 5.56 Å². The van der Waals surface area contributed by atoms with Crippen LogP contribution in [0.5, 0.6) is 0 Å². The summed E-state index contributed by atoms with van der Waals surface area (Å²) in [5.41, 5.74) is 3.22. The molecular formula is C19H24N4OS. The van der Waals surface area contributed by atoms with Gasteiger partial charge < -0.3 is 5.32 Å². The van der Waals surface area contributed by atoms with Crippen molar-refractivity contribution in [2.45, 2.75) is 33.4 Å². The minimum Gasteiger partial charge on any atom is -0.352 e. The number of hydrogen-bond acceptors (Lipinski definition) is 4. The minimum absolute atomic E-state index is 0.00188. The van der Waals surface area contributed by atoms with Crippen LogP contribution in [-0.4, -0.2) is 33.3 Å². The summed E-state index contributed by atoms with van der Waals surface area (Å²) in [6.07, 6.45) is 4.18. The Morgan fingerprint density at radius 2 is 1.92 bits per heavy atom. The van der Waals surface area contributed by atoms with Crippen molar-refractivity contribution in [1.29, 1.82) is 0 Å². The molecule has 0 atom stereocenters. The molecule has 0 saturated carbocycles. The Balaban J connectivity index is 1.49. The van der Waals surface area contributed by atoms with Crippen molar-refractivity contribution in [1.82, 2.24) is 19.6 Å². The van der Waals surface area contributed by atoms with E-state index in [1.807, 2.05) is 22.2 Å². The SMILES string of the molecule is CCN(CC)Cc1ccc(CNC(=O)Cc2cn3ccsc3n2)cc1. The van der Waals surface area contributed by atoms with Crippen molar-refractivity contribution in [3.05, 3.63) is 58.9 Å². The highest BCUT2D eigenvalue weighted by Gasteiger charge is 2.08. The van der Waals surface area contributed by atoms with E-state index in [2.05, 4.69) is 53.3 Å². The molecule has 1 aromatic carbocycles. The average molecular weight is 356 g/mol. The number of rotatable bonds is 8. The van der Waals surface area contributed by atoms with Crippen LogP contribution in [0.3, 0.4) is 0 Å². The van der Waals surface area contributed by atoms with E-state index >= 15 is 0 Å².